The minimum Gasteiger partial charge on any atom is -0.456 e. The lowest BCUT2D eigenvalue weighted by molar-refractivity contribution is -0.870. The number of hydrogen-bond acceptors (Lipinski definition) is 6. The molecule has 0 saturated carbocycles. The van der Waals surface area contributed by atoms with Gasteiger partial charge < -0.3 is 19.4 Å². The zero-order chi connectivity index (χ0) is 62.1. The van der Waals surface area contributed by atoms with Crippen molar-refractivity contribution < 1.29 is 37.3 Å². The standard InChI is InChI=1S/C75H133N2O7P/c1-7-10-13-16-19-22-25-27-29-31-33-35-37-38-40-41-43-45-47-49-52-55-58-61-64-67-74(78)76-72(71-83-85(80,81)82-70-69-77(4,5)6)73(66-63-60-57-54-51-24-21-18-15-12-9-3)84-75(79)68-65-62-59-56-53-50-48-46-44-42-39-36-34-32-30-28-26-23-20-17-14-11-8-2/h19-20,22-23,27-30,33-36,38,40,42,44,63,66,72-73H,7-18,21,24-26,31-32,37,39,41,43,45-62,64-65,67-71H2,1-6H3,(H-,76,78,80,81)/p+1/b22-19-,23-20-,29-27-,30-28-,35-33-,36-34-,40-38-,44-42-,66-63+. The second-order valence-corrected chi connectivity index (χ2v) is 26.1. The number of ether oxygens (including phenoxy) is 1. The summed E-state index contributed by atoms with van der Waals surface area (Å²) in [4.78, 5) is 37.9. The SMILES string of the molecule is CCCCC/C=C\C/C=C\C/C=C\C/C=C\CCCCCCCCCCCC(=O)NC(COP(=O)(O)OCC[N+](C)(C)C)C(/C=C/CCCCCCCCCCC)OC(=O)CCCCCCCCC/C=C\C/C=C\C/C=C\C/C=C\CCCCC. The Balaban J connectivity index is 5.10. The lowest BCUT2D eigenvalue weighted by Gasteiger charge is -2.27. The largest absolute Gasteiger partial charge is 0.472 e. The van der Waals surface area contributed by atoms with Gasteiger partial charge in [-0.05, 0) is 122 Å². The van der Waals surface area contributed by atoms with E-state index in [9.17, 15) is 19.0 Å². The summed E-state index contributed by atoms with van der Waals surface area (Å²) in [5.74, 6) is -0.525. The first kappa shape index (κ1) is 81.7. The van der Waals surface area contributed by atoms with Crippen LogP contribution in [0.1, 0.15) is 303 Å². The molecule has 0 aliphatic carbocycles. The molecule has 2 N–H and O–H groups in total. The van der Waals surface area contributed by atoms with Crippen LogP contribution < -0.4 is 5.32 Å². The number of nitrogens with one attached hydrogen (secondary N) is 1. The van der Waals surface area contributed by atoms with Gasteiger partial charge in [0.15, 0.2) is 0 Å². The van der Waals surface area contributed by atoms with E-state index in [1.54, 1.807) is 0 Å². The summed E-state index contributed by atoms with van der Waals surface area (Å²) < 4.78 is 30.8. The molecule has 85 heavy (non-hydrogen) atoms. The monoisotopic (exact) mass is 1210 g/mol. The Morgan fingerprint density at radius 1 is 0.412 bits per heavy atom. The number of rotatable bonds is 63. The average molecular weight is 1210 g/mol. The summed E-state index contributed by atoms with van der Waals surface area (Å²) in [5.41, 5.74) is 0. The van der Waals surface area contributed by atoms with Crippen LogP contribution in [-0.4, -0.2) is 74.3 Å². The van der Waals surface area contributed by atoms with Crippen LogP contribution in [0.5, 0.6) is 0 Å². The third-order valence-corrected chi connectivity index (χ3v) is 16.2. The van der Waals surface area contributed by atoms with Crippen LogP contribution in [-0.2, 0) is 27.9 Å². The molecule has 0 rings (SSSR count). The van der Waals surface area contributed by atoms with Gasteiger partial charge in [-0.25, -0.2) is 4.57 Å². The minimum absolute atomic E-state index is 0.0320. The lowest BCUT2D eigenvalue weighted by atomic mass is 10.0. The predicted molar refractivity (Wildman–Crippen MR) is 369 cm³/mol. The highest BCUT2D eigenvalue weighted by Crippen LogP contribution is 2.43. The van der Waals surface area contributed by atoms with Crippen molar-refractivity contribution in [3.8, 4) is 0 Å². The minimum atomic E-state index is -4.46. The number of unbranched alkanes of at least 4 members (excludes halogenated alkanes) is 31. The van der Waals surface area contributed by atoms with Gasteiger partial charge in [0.05, 0.1) is 33.8 Å². The number of likely N-dealkylation sites (N-methyl/N-ethyl adjacent to an activating group) is 1. The van der Waals surface area contributed by atoms with Gasteiger partial charge >= 0.3 is 13.8 Å². The number of carbonyl (C=O) groups is 2. The molecule has 3 atom stereocenters. The number of allylic oxidation sites excluding steroid dienone is 17. The van der Waals surface area contributed by atoms with Crippen LogP contribution in [0.3, 0.4) is 0 Å². The number of phosphoric acid groups is 1. The molecule has 0 heterocycles. The summed E-state index contributed by atoms with van der Waals surface area (Å²) in [6.07, 6.45) is 88.1. The zero-order valence-electron chi connectivity index (χ0n) is 56.1. The Morgan fingerprint density at radius 2 is 0.718 bits per heavy atom. The van der Waals surface area contributed by atoms with E-state index >= 15 is 0 Å². The van der Waals surface area contributed by atoms with Gasteiger partial charge in [0.25, 0.3) is 0 Å². The molecule has 9 nitrogen and oxygen atoms in total. The van der Waals surface area contributed by atoms with Crippen LogP contribution in [0, 0.1) is 0 Å². The highest BCUT2D eigenvalue weighted by molar-refractivity contribution is 7.47. The van der Waals surface area contributed by atoms with Gasteiger partial charge in [-0.2, -0.15) is 0 Å². The van der Waals surface area contributed by atoms with Gasteiger partial charge in [-0.1, -0.05) is 278 Å². The molecule has 1 amide bonds. The first-order valence-electron chi connectivity index (χ1n) is 35.2. The quantitative estimate of drug-likeness (QED) is 0.0205. The number of carbonyl (C=O) groups excluding carboxylic acids is 2. The zero-order valence-corrected chi connectivity index (χ0v) is 57.0. The van der Waals surface area contributed by atoms with Crippen molar-refractivity contribution in [2.75, 3.05) is 40.9 Å². The summed E-state index contributed by atoms with van der Waals surface area (Å²) in [6.45, 7) is 6.95. The molecule has 3 unspecified atom stereocenters. The van der Waals surface area contributed by atoms with Gasteiger partial charge in [-0.15, -0.1) is 0 Å². The van der Waals surface area contributed by atoms with E-state index in [1.807, 2.05) is 33.3 Å². The van der Waals surface area contributed by atoms with E-state index in [-0.39, 0.29) is 31.5 Å². The van der Waals surface area contributed by atoms with Crippen molar-refractivity contribution in [1.82, 2.24) is 5.32 Å². The smallest absolute Gasteiger partial charge is 0.456 e. The highest BCUT2D eigenvalue weighted by Gasteiger charge is 2.30. The van der Waals surface area contributed by atoms with Crippen molar-refractivity contribution in [2.45, 2.75) is 315 Å². The molecule has 0 aromatic carbocycles. The van der Waals surface area contributed by atoms with E-state index in [2.05, 4.69) is 123 Å². The number of nitrogens with zero attached hydrogens (tertiary/aromatic N) is 1. The molecule has 0 radical (unpaired) electrons. The molecule has 0 aromatic heterocycles. The van der Waals surface area contributed by atoms with Crippen LogP contribution in [0.25, 0.3) is 0 Å². The van der Waals surface area contributed by atoms with Gasteiger partial charge in [0, 0.05) is 12.8 Å². The maximum Gasteiger partial charge on any atom is 0.472 e. The van der Waals surface area contributed by atoms with Gasteiger partial charge in [0.1, 0.15) is 19.3 Å². The van der Waals surface area contributed by atoms with Crippen molar-refractivity contribution in [2.24, 2.45) is 0 Å². The van der Waals surface area contributed by atoms with Crippen molar-refractivity contribution in [3.63, 3.8) is 0 Å². The molecule has 10 heteroatoms. The van der Waals surface area contributed by atoms with Crippen LogP contribution in [0.2, 0.25) is 0 Å². The molecule has 0 fully saturated rings. The number of phosphoric ester groups is 1. The molecule has 0 spiro atoms. The first-order valence-corrected chi connectivity index (χ1v) is 36.7. The lowest BCUT2D eigenvalue weighted by Crippen LogP contribution is -2.47. The van der Waals surface area contributed by atoms with Gasteiger partial charge in [0.2, 0.25) is 5.91 Å². The molecule has 0 bridgehead atoms. The fraction of sp³-hybridized carbons (Fsp3) is 0.733. The summed E-state index contributed by atoms with van der Waals surface area (Å²) in [7, 11) is 1.48. The number of esters is 1. The van der Waals surface area contributed by atoms with Crippen molar-refractivity contribution in [3.05, 3.63) is 109 Å². The normalized spacial score (nSPS) is 14.2. The number of quaternary nitrogens is 1. The maximum absolute atomic E-state index is 13.6. The van der Waals surface area contributed by atoms with E-state index in [1.165, 1.54) is 148 Å². The number of hydrogen-bond donors (Lipinski definition) is 2. The molecule has 0 aromatic rings. The Labute approximate surface area is 525 Å². The second kappa shape index (κ2) is 63.7. The van der Waals surface area contributed by atoms with Crippen LogP contribution in [0.4, 0.5) is 0 Å². The molecule has 490 valence electrons. The Kier molecular flexibility index (Phi) is 61.2. The third-order valence-electron chi connectivity index (χ3n) is 15.2. The average Bonchev–Trinajstić information content (AvgIpc) is 3.64. The van der Waals surface area contributed by atoms with Gasteiger partial charge in [-0.3, -0.25) is 18.6 Å². The fourth-order valence-corrected chi connectivity index (χ4v) is 10.5. The number of amides is 1. The Morgan fingerprint density at radius 3 is 1.09 bits per heavy atom. The van der Waals surface area contributed by atoms with Crippen LogP contribution >= 0.6 is 7.82 Å². The topological polar surface area (TPSA) is 111 Å². The maximum atomic E-state index is 13.6. The first-order chi connectivity index (χ1) is 41.4. The third kappa shape index (κ3) is 65.0. The van der Waals surface area contributed by atoms with E-state index in [0.717, 1.165) is 122 Å². The Hall–Kier alpha value is -3.33. The summed E-state index contributed by atoms with van der Waals surface area (Å²) >= 11 is 0. The summed E-state index contributed by atoms with van der Waals surface area (Å²) in [6, 6.07) is -0.864. The van der Waals surface area contributed by atoms with E-state index < -0.39 is 20.0 Å². The van der Waals surface area contributed by atoms with E-state index in [0.29, 0.717) is 17.4 Å². The molecular formula is C75H134N2O7P+. The Bertz CT molecular complexity index is 1820. The molecular weight excluding hydrogens is 1070 g/mol. The van der Waals surface area contributed by atoms with Crippen molar-refractivity contribution >= 4 is 19.7 Å². The van der Waals surface area contributed by atoms with Crippen LogP contribution in [0.15, 0.2) is 109 Å². The second-order valence-electron chi connectivity index (χ2n) is 24.7. The molecule has 0 aliphatic rings. The highest BCUT2D eigenvalue weighted by atomic mass is 31.2. The fourth-order valence-electron chi connectivity index (χ4n) is 9.73. The van der Waals surface area contributed by atoms with E-state index in [4.69, 9.17) is 13.8 Å². The predicted octanol–water partition coefficient (Wildman–Crippen LogP) is 22.5. The van der Waals surface area contributed by atoms with Crippen molar-refractivity contribution in [1.29, 1.82) is 0 Å². The molecule has 0 aliphatic heterocycles. The molecule has 0 saturated heterocycles. The summed E-state index contributed by atoms with van der Waals surface area (Å²) in [5, 5.41) is 3.06.